The van der Waals surface area contributed by atoms with Gasteiger partial charge in [-0.3, -0.25) is 0 Å². The number of benzene rings is 2. The highest BCUT2D eigenvalue weighted by atomic mass is 16.5. The molecule has 2 rings (SSSR count). The molecule has 0 aliphatic heterocycles. The normalized spacial score (nSPS) is 13.8. The van der Waals surface area contributed by atoms with Gasteiger partial charge in [-0.05, 0) is 66.9 Å². The summed E-state index contributed by atoms with van der Waals surface area (Å²) in [6.07, 6.45) is 0. The van der Waals surface area contributed by atoms with E-state index in [9.17, 15) is 0 Å². The summed E-state index contributed by atoms with van der Waals surface area (Å²) in [5.74, 6) is 1.93. The minimum absolute atomic E-state index is 0.00226. The summed E-state index contributed by atoms with van der Waals surface area (Å²) in [6, 6.07) is 8.87. The minimum Gasteiger partial charge on any atom is -0.491 e. The van der Waals surface area contributed by atoms with E-state index in [-0.39, 0.29) is 32.5 Å². The Morgan fingerprint density at radius 1 is 0.349 bits per heavy atom. The molecule has 0 N–H and O–H groups in total. The lowest BCUT2D eigenvalue weighted by Gasteiger charge is -2.37. The standard InChI is InChI=1S/C40H66O3/c1-35(2,3)27-19-21-29(33(39(13,14)15)31(27)37(7,8)9)42-25-23-41-24-26-43-30-22-20-28(36(4,5)6)32(38(10,11)12)34(30)40(16,17)18/h19-22H,23-26H2,1-18H3. The van der Waals surface area contributed by atoms with Crippen LogP contribution in [0.3, 0.4) is 0 Å². The van der Waals surface area contributed by atoms with Gasteiger partial charge >= 0.3 is 0 Å². The van der Waals surface area contributed by atoms with Crippen molar-refractivity contribution in [2.75, 3.05) is 26.4 Å². The van der Waals surface area contributed by atoms with Gasteiger partial charge in [0.1, 0.15) is 24.7 Å². The number of hydrogen-bond donors (Lipinski definition) is 0. The molecule has 0 amide bonds. The molecule has 0 aliphatic rings. The van der Waals surface area contributed by atoms with E-state index >= 15 is 0 Å². The van der Waals surface area contributed by atoms with E-state index < -0.39 is 0 Å². The van der Waals surface area contributed by atoms with E-state index in [1.54, 1.807) is 0 Å². The topological polar surface area (TPSA) is 27.7 Å². The Morgan fingerprint density at radius 3 is 0.860 bits per heavy atom. The Balaban J connectivity index is 2.18. The average molecular weight is 595 g/mol. The van der Waals surface area contributed by atoms with Gasteiger partial charge in [-0.15, -0.1) is 0 Å². The van der Waals surface area contributed by atoms with Crippen molar-refractivity contribution >= 4 is 0 Å². The lowest BCUT2D eigenvalue weighted by Crippen LogP contribution is -2.29. The van der Waals surface area contributed by atoms with E-state index in [1.807, 2.05) is 0 Å². The third-order valence-electron chi connectivity index (χ3n) is 7.92. The molecule has 2 aromatic carbocycles. The average Bonchev–Trinajstić information content (AvgIpc) is 2.78. The molecule has 0 radical (unpaired) electrons. The van der Waals surface area contributed by atoms with Crippen LogP contribution < -0.4 is 9.47 Å². The van der Waals surface area contributed by atoms with Crippen molar-refractivity contribution in [2.45, 2.75) is 157 Å². The Labute approximate surface area is 266 Å². The van der Waals surface area contributed by atoms with Crippen molar-refractivity contribution in [1.29, 1.82) is 0 Å². The second-order valence-corrected chi connectivity index (χ2v) is 18.5. The van der Waals surface area contributed by atoms with Gasteiger partial charge < -0.3 is 14.2 Å². The van der Waals surface area contributed by atoms with Crippen molar-refractivity contribution in [3.05, 3.63) is 57.6 Å². The van der Waals surface area contributed by atoms with Crippen molar-refractivity contribution in [1.82, 2.24) is 0 Å². The molecule has 0 unspecified atom stereocenters. The zero-order valence-electron chi connectivity index (χ0n) is 31.4. The fraction of sp³-hybridized carbons (Fsp3) is 0.700. The van der Waals surface area contributed by atoms with E-state index in [4.69, 9.17) is 14.2 Å². The maximum absolute atomic E-state index is 6.43. The molecule has 0 atom stereocenters. The third kappa shape index (κ3) is 9.49. The van der Waals surface area contributed by atoms with Crippen LogP contribution >= 0.6 is 0 Å². The molecule has 3 nitrogen and oxygen atoms in total. The van der Waals surface area contributed by atoms with Crippen LogP contribution in [-0.4, -0.2) is 26.4 Å². The third-order valence-corrected chi connectivity index (χ3v) is 7.92. The van der Waals surface area contributed by atoms with Gasteiger partial charge in [-0.2, -0.15) is 0 Å². The van der Waals surface area contributed by atoms with E-state index in [0.29, 0.717) is 26.4 Å². The second-order valence-electron chi connectivity index (χ2n) is 18.5. The maximum Gasteiger partial charge on any atom is 0.123 e. The number of rotatable bonds is 8. The first-order valence-corrected chi connectivity index (χ1v) is 16.4. The predicted molar refractivity (Wildman–Crippen MR) is 187 cm³/mol. The zero-order chi connectivity index (χ0) is 33.4. The van der Waals surface area contributed by atoms with Crippen LogP contribution in [0.2, 0.25) is 0 Å². The highest BCUT2D eigenvalue weighted by molar-refractivity contribution is 5.55. The van der Waals surface area contributed by atoms with E-state index in [0.717, 1.165) is 11.5 Å². The molecule has 2 aromatic rings. The highest BCUT2D eigenvalue weighted by Gasteiger charge is 2.35. The lowest BCUT2D eigenvalue weighted by molar-refractivity contribution is 0.0754. The van der Waals surface area contributed by atoms with Crippen LogP contribution in [0, 0.1) is 0 Å². The number of hydrogen-bond acceptors (Lipinski definition) is 3. The predicted octanol–water partition coefficient (Wildman–Crippen LogP) is 10.9. The monoisotopic (exact) mass is 595 g/mol. The molecule has 0 aromatic heterocycles. The quantitative estimate of drug-likeness (QED) is 0.285. The molecule has 0 fully saturated rings. The summed E-state index contributed by atoms with van der Waals surface area (Å²) >= 11 is 0. The maximum atomic E-state index is 6.43. The summed E-state index contributed by atoms with van der Waals surface area (Å²) in [7, 11) is 0. The van der Waals surface area contributed by atoms with Crippen LogP contribution in [0.25, 0.3) is 0 Å². The molecule has 0 bridgehead atoms. The minimum atomic E-state index is -0.0485. The Morgan fingerprint density at radius 2 is 0.628 bits per heavy atom. The molecule has 244 valence electrons. The van der Waals surface area contributed by atoms with Gasteiger partial charge in [0.2, 0.25) is 0 Å². The fourth-order valence-electron chi connectivity index (χ4n) is 6.23. The van der Waals surface area contributed by atoms with E-state index in [1.165, 1.54) is 33.4 Å². The Hall–Kier alpha value is -2.00. The first-order chi connectivity index (χ1) is 19.2. The molecular weight excluding hydrogens is 528 g/mol. The summed E-state index contributed by atoms with van der Waals surface area (Å²) < 4.78 is 18.9. The molecule has 0 aliphatic carbocycles. The molecular formula is C40H66O3. The molecule has 43 heavy (non-hydrogen) atoms. The van der Waals surface area contributed by atoms with Gasteiger partial charge in [0.15, 0.2) is 0 Å². The SMILES string of the molecule is CC(C)(C)c1ccc(OCCOCCOc2ccc(C(C)(C)C)c(C(C)(C)C)c2C(C)(C)C)c(C(C)(C)C)c1C(C)(C)C. The highest BCUT2D eigenvalue weighted by Crippen LogP contribution is 2.46. The van der Waals surface area contributed by atoms with Crippen molar-refractivity contribution in [3.8, 4) is 11.5 Å². The summed E-state index contributed by atoms with van der Waals surface area (Å²) in [5.41, 5.74) is 8.22. The zero-order valence-corrected chi connectivity index (χ0v) is 31.4. The summed E-state index contributed by atoms with van der Waals surface area (Å²) in [6.45, 7) is 43.4. The summed E-state index contributed by atoms with van der Waals surface area (Å²) in [5, 5.41) is 0. The van der Waals surface area contributed by atoms with Crippen LogP contribution in [0.5, 0.6) is 11.5 Å². The van der Waals surface area contributed by atoms with Gasteiger partial charge in [0.25, 0.3) is 0 Å². The van der Waals surface area contributed by atoms with Crippen LogP contribution in [0.15, 0.2) is 24.3 Å². The Kier molecular flexibility index (Phi) is 11.1. The first kappa shape index (κ1) is 37.2. The molecule has 0 saturated heterocycles. The molecule has 0 saturated carbocycles. The summed E-state index contributed by atoms with van der Waals surface area (Å²) in [4.78, 5) is 0. The van der Waals surface area contributed by atoms with E-state index in [2.05, 4.69) is 149 Å². The van der Waals surface area contributed by atoms with Gasteiger partial charge in [-0.1, -0.05) is 137 Å². The van der Waals surface area contributed by atoms with Crippen molar-refractivity contribution < 1.29 is 14.2 Å². The van der Waals surface area contributed by atoms with Crippen molar-refractivity contribution in [3.63, 3.8) is 0 Å². The van der Waals surface area contributed by atoms with Crippen molar-refractivity contribution in [2.24, 2.45) is 0 Å². The second kappa shape index (κ2) is 12.8. The first-order valence-electron chi connectivity index (χ1n) is 16.4. The number of ether oxygens (including phenoxy) is 3. The molecule has 0 spiro atoms. The Bertz CT molecular complexity index is 1130. The van der Waals surface area contributed by atoms with Gasteiger partial charge in [0.05, 0.1) is 13.2 Å². The molecule has 0 heterocycles. The van der Waals surface area contributed by atoms with Gasteiger partial charge in [-0.25, -0.2) is 0 Å². The largest absolute Gasteiger partial charge is 0.491 e. The van der Waals surface area contributed by atoms with Crippen LogP contribution in [0.4, 0.5) is 0 Å². The molecule has 3 heteroatoms. The fourth-order valence-corrected chi connectivity index (χ4v) is 6.23. The van der Waals surface area contributed by atoms with Crippen LogP contribution in [-0.2, 0) is 37.2 Å². The smallest absolute Gasteiger partial charge is 0.123 e. The van der Waals surface area contributed by atoms with Crippen LogP contribution in [0.1, 0.15) is 158 Å². The lowest BCUT2D eigenvalue weighted by atomic mass is 9.68. The van der Waals surface area contributed by atoms with Gasteiger partial charge in [0, 0.05) is 11.1 Å².